The molecule has 0 amide bonds. The molecule has 1 atom stereocenters. The second-order valence-electron chi connectivity index (χ2n) is 7.13. The van der Waals surface area contributed by atoms with Crippen molar-refractivity contribution in [2.75, 3.05) is 46.1 Å². The molecule has 3 rings (SSSR count). The highest BCUT2D eigenvalue weighted by Crippen LogP contribution is 2.12. The van der Waals surface area contributed by atoms with Gasteiger partial charge in [-0.25, -0.2) is 4.98 Å². The number of hydrogen-bond acceptors (Lipinski definition) is 4. The van der Waals surface area contributed by atoms with Crippen LogP contribution >= 0.6 is 24.0 Å². The Balaban J connectivity index is 0.00000300. The number of halogens is 1. The molecule has 0 bridgehead atoms. The van der Waals surface area contributed by atoms with E-state index in [2.05, 4.69) is 44.2 Å². The Labute approximate surface area is 190 Å². The van der Waals surface area contributed by atoms with Gasteiger partial charge in [-0.1, -0.05) is 12.1 Å². The molecular weight excluding hydrogens is 481 g/mol. The van der Waals surface area contributed by atoms with Crippen LogP contribution in [0.1, 0.15) is 26.2 Å². The van der Waals surface area contributed by atoms with Crippen molar-refractivity contribution in [2.45, 2.75) is 32.7 Å². The average molecular weight is 515 g/mol. The van der Waals surface area contributed by atoms with Gasteiger partial charge in [-0.3, -0.25) is 4.99 Å². The summed E-state index contributed by atoms with van der Waals surface area (Å²) in [6.07, 6.45) is 4.99. The van der Waals surface area contributed by atoms with E-state index in [1.807, 2.05) is 18.5 Å². The number of hydrogen-bond donors (Lipinski definition) is 2. The summed E-state index contributed by atoms with van der Waals surface area (Å²) >= 11 is 0. The fourth-order valence-electron chi connectivity index (χ4n) is 3.31. The third kappa shape index (κ3) is 8.10. The normalized spacial score (nSPS) is 16.7. The van der Waals surface area contributed by atoms with E-state index in [0.717, 1.165) is 83.3 Å². The second-order valence-corrected chi connectivity index (χ2v) is 7.13. The minimum atomic E-state index is 0. The van der Waals surface area contributed by atoms with Crippen molar-refractivity contribution >= 4 is 41.0 Å². The van der Waals surface area contributed by atoms with Crippen molar-refractivity contribution in [3.8, 4) is 0 Å². The summed E-state index contributed by atoms with van der Waals surface area (Å²) in [5.41, 5.74) is 2.23. The molecule has 0 radical (unpaired) electrons. The molecule has 0 spiro atoms. The van der Waals surface area contributed by atoms with E-state index in [1.165, 1.54) is 5.52 Å². The van der Waals surface area contributed by atoms with Crippen LogP contribution in [0.4, 0.5) is 0 Å². The van der Waals surface area contributed by atoms with E-state index in [9.17, 15) is 0 Å². The summed E-state index contributed by atoms with van der Waals surface area (Å²) in [6, 6.07) is 8.23. The number of para-hydroxylation sites is 2. The molecule has 2 N–H and O–H groups in total. The number of fused-ring (bicyclic) bond motifs is 1. The molecule has 162 valence electrons. The first-order valence-electron chi connectivity index (χ1n) is 10.4. The Morgan fingerprint density at radius 2 is 2.21 bits per heavy atom. The summed E-state index contributed by atoms with van der Waals surface area (Å²) in [5, 5.41) is 6.69. The van der Waals surface area contributed by atoms with E-state index in [-0.39, 0.29) is 24.0 Å². The Hall–Kier alpha value is -1.39. The zero-order valence-corrected chi connectivity index (χ0v) is 19.6. The lowest BCUT2D eigenvalue weighted by atomic mass is 10.1. The molecule has 2 aromatic rings. The van der Waals surface area contributed by atoms with Gasteiger partial charge in [-0.05, 0) is 38.3 Å². The minimum absolute atomic E-state index is 0. The van der Waals surface area contributed by atoms with Crippen LogP contribution in [0.3, 0.4) is 0 Å². The van der Waals surface area contributed by atoms with Crippen LogP contribution in [0.25, 0.3) is 11.0 Å². The lowest BCUT2D eigenvalue weighted by Crippen LogP contribution is -2.38. The summed E-state index contributed by atoms with van der Waals surface area (Å²) in [7, 11) is 0. The van der Waals surface area contributed by atoms with Crippen LogP contribution in [-0.2, 0) is 16.0 Å². The van der Waals surface area contributed by atoms with Gasteiger partial charge in [0.05, 0.1) is 30.6 Å². The number of rotatable bonds is 11. The van der Waals surface area contributed by atoms with Gasteiger partial charge in [-0.2, -0.15) is 0 Å². The van der Waals surface area contributed by atoms with Crippen molar-refractivity contribution in [3.63, 3.8) is 0 Å². The maximum atomic E-state index is 5.75. The molecule has 8 heteroatoms. The maximum absolute atomic E-state index is 5.75. The summed E-state index contributed by atoms with van der Waals surface area (Å²) in [4.78, 5) is 9.11. The van der Waals surface area contributed by atoms with E-state index < -0.39 is 0 Å². The van der Waals surface area contributed by atoms with Crippen LogP contribution in [-0.4, -0.2) is 61.6 Å². The highest BCUT2D eigenvalue weighted by atomic mass is 127. The van der Waals surface area contributed by atoms with Crippen LogP contribution in [0.15, 0.2) is 35.6 Å². The maximum Gasteiger partial charge on any atom is 0.191 e. The predicted octanol–water partition coefficient (Wildman–Crippen LogP) is 3.04. The molecule has 2 heterocycles. The molecule has 1 aromatic carbocycles. The van der Waals surface area contributed by atoms with Crippen LogP contribution < -0.4 is 10.6 Å². The summed E-state index contributed by atoms with van der Waals surface area (Å²) in [5.74, 6) is 1.46. The number of ether oxygens (including phenoxy) is 2. The molecule has 1 aliphatic heterocycles. The smallest absolute Gasteiger partial charge is 0.191 e. The molecule has 0 saturated carbocycles. The lowest BCUT2D eigenvalue weighted by Gasteiger charge is -2.12. The van der Waals surface area contributed by atoms with Gasteiger partial charge < -0.3 is 24.7 Å². The van der Waals surface area contributed by atoms with Gasteiger partial charge in [-0.15, -0.1) is 24.0 Å². The van der Waals surface area contributed by atoms with Gasteiger partial charge in [0.2, 0.25) is 0 Å². The molecule has 1 fully saturated rings. The number of aliphatic imine (C=N–C) groups is 1. The molecule has 1 aromatic heterocycles. The number of imidazole rings is 1. The summed E-state index contributed by atoms with van der Waals surface area (Å²) < 4.78 is 13.3. The zero-order valence-electron chi connectivity index (χ0n) is 17.3. The molecule has 7 nitrogen and oxygen atoms in total. The first-order valence-corrected chi connectivity index (χ1v) is 10.4. The first-order chi connectivity index (χ1) is 13.9. The summed E-state index contributed by atoms with van der Waals surface area (Å²) in [6.45, 7) is 8.83. The Morgan fingerprint density at radius 1 is 1.31 bits per heavy atom. The monoisotopic (exact) mass is 515 g/mol. The molecule has 1 aliphatic rings. The van der Waals surface area contributed by atoms with Gasteiger partial charge in [0.15, 0.2) is 5.96 Å². The topological polar surface area (TPSA) is 72.7 Å². The number of guanidine groups is 1. The second kappa shape index (κ2) is 13.8. The van der Waals surface area contributed by atoms with Crippen LogP contribution in [0, 0.1) is 5.92 Å². The SMILES string of the molecule is CCNC(=NCCCn1cnc2ccccc21)NCCCOCC1CCOC1.I. The van der Waals surface area contributed by atoms with Crippen molar-refractivity contribution in [1.82, 2.24) is 20.2 Å². The predicted molar refractivity (Wildman–Crippen MR) is 128 cm³/mol. The quantitative estimate of drug-likeness (QED) is 0.208. The van der Waals surface area contributed by atoms with Gasteiger partial charge >= 0.3 is 0 Å². The van der Waals surface area contributed by atoms with Gasteiger partial charge in [0.25, 0.3) is 0 Å². The Kier molecular flexibility index (Phi) is 11.3. The zero-order chi connectivity index (χ0) is 19.4. The van der Waals surface area contributed by atoms with E-state index >= 15 is 0 Å². The van der Waals surface area contributed by atoms with Gasteiger partial charge in [0.1, 0.15) is 0 Å². The Morgan fingerprint density at radius 3 is 3.03 bits per heavy atom. The number of aryl methyl sites for hydroxylation is 1. The molecule has 29 heavy (non-hydrogen) atoms. The molecule has 0 aliphatic carbocycles. The van der Waals surface area contributed by atoms with Gasteiger partial charge in [0, 0.05) is 45.3 Å². The average Bonchev–Trinajstić information content (AvgIpc) is 3.38. The third-order valence-corrected chi connectivity index (χ3v) is 4.83. The van der Waals surface area contributed by atoms with Crippen molar-refractivity contribution in [2.24, 2.45) is 10.9 Å². The van der Waals surface area contributed by atoms with E-state index in [0.29, 0.717) is 5.92 Å². The van der Waals surface area contributed by atoms with E-state index in [4.69, 9.17) is 9.47 Å². The standard InChI is InChI=1S/C21H33N5O2.HI/c1-2-22-21(24-11-6-13-27-15-18-9-14-28-16-18)23-10-5-12-26-17-25-19-7-3-4-8-20(19)26;/h3-4,7-8,17-18H,2,5-6,9-16H2,1H3,(H2,22,23,24);1H. The number of nitrogens with one attached hydrogen (secondary N) is 2. The minimum Gasteiger partial charge on any atom is -0.381 e. The lowest BCUT2D eigenvalue weighted by molar-refractivity contribution is 0.0888. The van der Waals surface area contributed by atoms with Crippen molar-refractivity contribution in [1.29, 1.82) is 0 Å². The van der Waals surface area contributed by atoms with Crippen LogP contribution in [0.5, 0.6) is 0 Å². The van der Waals surface area contributed by atoms with Crippen LogP contribution in [0.2, 0.25) is 0 Å². The van der Waals surface area contributed by atoms with Crippen molar-refractivity contribution < 1.29 is 9.47 Å². The fourth-order valence-corrected chi connectivity index (χ4v) is 3.31. The third-order valence-electron chi connectivity index (χ3n) is 4.83. The number of benzene rings is 1. The fraction of sp³-hybridized carbons (Fsp3) is 0.619. The van der Waals surface area contributed by atoms with E-state index in [1.54, 1.807) is 0 Å². The molecule has 1 saturated heterocycles. The largest absolute Gasteiger partial charge is 0.381 e. The first kappa shape index (κ1) is 23.9. The Bertz CT molecular complexity index is 731. The number of aromatic nitrogens is 2. The molecular formula is C21H34IN5O2. The number of nitrogens with zero attached hydrogens (tertiary/aromatic N) is 3. The highest BCUT2D eigenvalue weighted by molar-refractivity contribution is 14.0. The van der Waals surface area contributed by atoms with Crippen molar-refractivity contribution in [3.05, 3.63) is 30.6 Å². The molecule has 1 unspecified atom stereocenters. The highest BCUT2D eigenvalue weighted by Gasteiger charge is 2.15.